The fraction of sp³-hybridized carbons (Fsp3) is 0.500. The SMILES string of the molecule is COC(=O)N(N)OS(=O)O. The highest BCUT2D eigenvalue weighted by molar-refractivity contribution is 7.74. The summed E-state index contributed by atoms with van der Waals surface area (Å²) < 4.78 is 25.5. The molecule has 0 bridgehead atoms. The number of hydrogen-bond donors (Lipinski definition) is 2. The predicted molar refractivity (Wildman–Crippen MR) is 30.3 cm³/mol. The van der Waals surface area contributed by atoms with Gasteiger partial charge in [0.1, 0.15) is 0 Å². The zero-order valence-corrected chi connectivity index (χ0v) is 5.83. The molecule has 0 aliphatic rings. The van der Waals surface area contributed by atoms with E-state index in [1.807, 2.05) is 0 Å². The fourth-order valence-electron chi connectivity index (χ4n) is 0.189. The maximum atomic E-state index is 10.3. The third-order valence-corrected chi connectivity index (χ3v) is 0.787. The van der Waals surface area contributed by atoms with Gasteiger partial charge in [-0.1, -0.05) is 5.17 Å². The van der Waals surface area contributed by atoms with Gasteiger partial charge in [-0.15, -0.1) is 4.28 Å². The number of rotatable bonds is 2. The molecule has 0 rings (SSSR count). The first-order chi connectivity index (χ1) is 4.57. The van der Waals surface area contributed by atoms with Crippen molar-refractivity contribution < 1.29 is 22.6 Å². The second kappa shape index (κ2) is 4.17. The molecular weight excluding hydrogens is 164 g/mol. The minimum atomic E-state index is -2.62. The Balaban J connectivity index is 3.72. The highest BCUT2D eigenvalue weighted by atomic mass is 32.2. The summed E-state index contributed by atoms with van der Waals surface area (Å²) in [5.41, 5.74) is 0. The van der Waals surface area contributed by atoms with E-state index in [1.54, 1.807) is 0 Å². The minimum Gasteiger partial charge on any atom is -0.450 e. The maximum Gasteiger partial charge on any atom is 0.450 e. The molecule has 1 unspecified atom stereocenters. The average molecular weight is 170 g/mol. The minimum absolute atomic E-state index is 0.0100. The van der Waals surface area contributed by atoms with E-state index in [2.05, 4.69) is 9.02 Å². The lowest BCUT2D eigenvalue weighted by Crippen LogP contribution is -2.37. The van der Waals surface area contributed by atoms with Crippen LogP contribution in [0.25, 0.3) is 0 Å². The predicted octanol–water partition coefficient (Wildman–Crippen LogP) is -1.00. The number of nitrogens with zero attached hydrogens (tertiary/aromatic N) is 1. The van der Waals surface area contributed by atoms with E-state index in [1.165, 1.54) is 0 Å². The molecule has 60 valence electrons. The van der Waals surface area contributed by atoms with Crippen molar-refractivity contribution in [3.63, 3.8) is 0 Å². The molecule has 0 aromatic rings. The van der Waals surface area contributed by atoms with Gasteiger partial charge < -0.3 is 4.74 Å². The first-order valence-electron chi connectivity index (χ1n) is 2.00. The van der Waals surface area contributed by atoms with E-state index >= 15 is 0 Å². The van der Waals surface area contributed by atoms with Crippen LogP contribution < -0.4 is 5.84 Å². The van der Waals surface area contributed by atoms with Crippen molar-refractivity contribution in [2.45, 2.75) is 0 Å². The molecule has 7 nitrogen and oxygen atoms in total. The van der Waals surface area contributed by atoms with E-state index in [4.69, 9.17) is 10.4 Å². The van der Waals surface area contributed by atoms with Gasteiger partial charge in [0, 0.05) is 0 Å². The lowest BCUT2D eigenvalue weighted by Gasteiger charge is -2.09. The van der Waals surface area contributed by atoms with Crippen LogP contribution in [0.15, 0.2) is 0 Å². The number of methoxy groups -OCH3 is 1. The molecule has 10 heavy (non-hydrogen) atoms. The second-order valence-corrected chi connectivity index (χ2v) is 1.67. The molecule has 8 heteroatoms. The normalized spacial score (nSPS) is 12.3. The lowest BCUT2D eigenvalue weighted by atomic mass is 11.2. The van der Waals surface area contributed by atoms with Gasteiger partial charge in [-0.05, 0) is 0 Å². The number of amides is 1. The van der Waals surface area contributed by atoms with Crippen LogP contribution in [-0.2, 0) is 20.4 Å². The van der Waals surface area contributed by atoms with Crippen LogP contribution in [0.3, 0.4) is 0 Å². The molecule has 0 aromatic heterocycles. The van der Waals surface area contributed by atoms with Gasteiger partial charge in [-0.25, -0.2) is 10.6 Å². The molecule has 0 spiro atoms. The van der Waals surface area contributed by atoms with Crippen molar-refractivity contribution in [3.05, 3.63) is 0 Å². The van der Waals surface area contributed by atoms with Crippen molar-refractivity contribution in [2.24, 2.45) is 5.84 Å². The average Bonchev–Trinajstić information content (AvgIpc) is 1.85. The van der Waals surface area contributed by atoms with Gasteiger partial charge in [-0.3, -0.25) is 4.55 Å². The number of carbonyl (C=O) groups excluding carboxylic acids is 1. The quantitative estimate of drug-likeness (QED) is 0.238. The van der Waals surface area contributed by atoms with E-state index in [0.29, 0.717) is 0 Å². The smallest absolute Gasteiger partial charge is 0.450 e. The topological polar surface area (TPSA) is 102 Å². The largest absolute Gasteiger partial charge is 0.450 e. The van der Waals surface area contributed by atoms with Gasteiger partial charge in [-0.2, -0.15) is 4.21 Å². The monoisotopic (exact) mass is 170 g/mol. The van der Waals surface area contributed by atoms with Crippen LogP contribution in [0.4, 0.5) is 4.79 Å². The van der Waals surface area contributed by atoms with Crippen LogP contribution >= 0.6 is 0 Å². The standard InChI is InChI=1S/C2H6N2O5S/c1-8-2(5)4(3)9-10(6)7/h3H2,1H3,(H,6,7). The first kappa shape index (κ1) is 9.30. The number of carbonyl (C=O) groups is 1. The molecular formula is C2H6N2O5S. The summed E-state index contributed by atoms with van der Waals surface area (Å²) in [6.45, 7) is 0. The van der Waals surface area contributed by atoms with E-state index in [0.717, 1.165) is 7.11 Å². The Morgan fingerprint density at radius 3 is 2.60 bits per heavy atom. The number of hydroxylamine groups is 1. The Hall–Kier alpha value is -0.700. The van der Waals surface area contributed by atoms with Crippen molar-refractivity contribution in [1.82, 2.24) is 5.17 Å². The second-order valence-electron chi connectivity index (χ2n) is 1.09. The summed E-state index contributed by atoms with van der Waals surface area (Å²) >= 11 is -2.62. The molecule has 0 saturated heterocycles. The molecule has 0 aromatic carbocycles. The molecule has 1 atom stereocenters. The van der Waals surface area contributed by atoms with Crippen molar-refractivity contribution in [2.75, 3.05) is 7.11 Å². The highest BCUT2D eigenvalue weighted by Gasteiger charge is 2.11. The van der Waals surface area contributed by atoms with E-state index < -0.39 is 17.5 Å². The zero-order valence-electron chi connectivity index (χ0n) is 5.01. The molecule has 0 radical (unpaired) electrons. The fourth-order valence-corrected chi connectivity index (χ4v) is 0.387. The van der Waals surface area contributed by atoms with Crippen LogP contribution in [0.1, 0.15) is 0 Å². The number of hydrazine groups is 1. The molecule has 3 N–H and O–H groups in total. The van der Waals surface area contributed by atoms with Gasteiger partial charge >= 0.3 is 17.5 Å². The molecule has 0 saturated carbocycles. The van der Waals surface area contributed by atoms with Crippen LogP contribution in [0.2, 0.25) is 0 Å². The Bertz CT molecular complexity index is 149. The molecule has 1 amide bonds. The summed E-state index contributed by atoms with van der Waals surface area (Å²) in [5.74, 6) is 4.71. The first-order valence-corrected chi connectivity index (χ1v) is 3.03. The summed E-state index contributed by atoms with van der Waals surface area (Å²) in [6, 6.07) is 0. The van der Waals surface area contributed by atoms with Gasteiger partial charge in [0.05, 0.1) is 7.11 Å². The van der Waals surface area contributed by atoms with Crippen LogP contribution in [-0.4, -0.2) is 27.1 Å². The summed E-state index contributed by atoms with van der Waals surface area (Å²) in [4.78, 5) is 10.3. The summed E-state index contributed by atoms with van der Waals surface area (Å²) in [6.07, 6.45) is -1.07. The van der Waals surface area contributed by atoms with Gasteiger partial charge in [0.2, 0.25) is 0 Å². The number of hydrogen-bond acceptors (Lipinski definition) is 5. The summed E-state index contributed by atoms with van der Waals surface area (Å²) in [5, 5.41) is 0.0100. The highest BCUT2D eigenvalue weighted by Crippen LogP contribution is 1.87. The third kappa shape index (κ3) is 3.35. The summed E-state index contributed by atoms with van der Waals surface area (Å²) in [7, 11) is 1.05. The Morgan fingerprint density at radius 1 is 1.80 bits per heavy atom. The van der Waals surface area contributed by atoms with Gasteiger partial charge in [0.25, 0.3) is 0 Å². The Kier molecular flexibility index (Phi) is 3.88. The van der Waals surface area contributed by atoms with Gasteiger partial charge in [0.15, 0.2) is 0 Å². The van der Waals surface area contributed by atoms with Crippen molar-refractivity contribution >= 4 is 17.5 Å². The number of ether oxygens (including phenoxy) is 1. The molecule has 0 fully saturated rings. The third-order valence-electron chi connectivity index (χ3n) is 0.499. The zero-order chi connectivity index (χ0) is 8.15. The molecule has 0 aliphatic carbocycles. The van der Waals surface area contributed by atoms with Crippen molar-refractivity contribution in [1.29, 1.82) is 0 Å². The van der Waals surface area contributed by atoms with E-state index in [9.17, 15) is 9.00 Å². The molecule has 0 heterocycles. The number of nitrogens with two attached hydrogens (primary N) is 1. The van der Waals surface area contributed by atoms with Crippen molar-refractivity contribution in [3.8, 4) is 0 Å². The van der Waals surface area contributed by atoms with Crippen LogP contribution in [0.5, 0.6) is 0 Å². The lowest BCUT2D eigenvalue weighted by molar-refractivity contribution is -0.0390. The Labute approximate surface area is 59.1 Å². The van der Waals surface area contributed by atoms with Crippen LogP contribution in [0, 0.1) is 0 Å². The molecule has 0 aliphatic heterocycles. The Morgan fingerprint density at radius 2 is 2.30 bits per heavy atom. The van der Waals surface area contributed by atoms with E-state index in [-0.39, 0.29) is 5.17 Å². The maximum absolute atomic E-state index is 10.3.